The Labute approximate surface area is 174 Å². The lowest BCUT2D eigenvalue weighted by Crippen LogP contribution is -2.37. The van der Waals surface area contributed by atoms with Gasteiger partial charge in [-0.15, -0.1) is 0 Å². The number of hydrogen-bond donors (Lipinski definition) is 1. The molecule has 1 N–H and O–H groups in total. The van der Waals surface area contributed by atoms with Gasteiger partial charge in [-0.1, -0.05) is 6.07 Å². The number of hydrogen-bond acceptors (Lipinski definition) is 4. The second-order valence-corrected chi connectivity index (χ2v) is 11.4. The normalized spacial score (nSPS) is 14.6. The number of rotatable bonds is 4. The summed E-state index contributed by atoms with van der Waals surface area (Å²) in [6.45, 7) is 9.99. The minimum atomic E-state index is -3.80. The van der Waals surface area contributed by atoms with Gasteiger partial charge >= 0.3 is 0 Å². The molecular weight excluding hydrogens is 408 g/mol. The van der Waals surface area contributed by atoms with Crippen LogP contribution in [0.5, 0.6) is 0 Å². The van der Waals surface area contributed by atoms with E-state index < -0.39 is 20.0 Å². The summed E-state index contributed by atoms with van der Waals surface area (Å²) in [6.07, 6.45) is 2.33. The monoisotopic (exact) mass is 436 g/mol. The first-order valence-electron chi connectivity index (χ1n) is 9.55. The number of fused-ring (bicyclic) bond motifs is 1. The Morgan fingerprint density at radius 2 is 1.41 bits per heavy atom. The summed E-state index contributed by atoms with van der Waals surface area (Å²) in [5, 5.41) is 0. The molecule has 29 heavy (non-hydrogen) atoms. The highest BCUT2D eigenvalue weighted by molar-refractivity contribution is 7.93. The number of benzene rings is 2. The van der Waals surface area contributed by atoms with Gasteiger partial charge < -0.3 is 0 Å². The number of nitrogens with one attached hydrogen (secondary N) is 1. The average molecular weight is 437 g/mol. The van der Waals surface area contributed by atoms with Gasteiger partial charge in [0.15, 0.2) is 0 Å². The number of sulfonamides is 2. The zero-order chi connectivity index (χ0) is 21.7. The Morgan fingerprint density at radius 3 is 1.97 bits per heavy atom. The molecule has 0 saturated heterocycles. The van der Waals surface area contributed by atoms with Crippen LogP contribution in [0.3, 0.4) is 0 Å². The molecule has 1 aliphatic rings. The predicted molar refractivity (Wildman–Crippen MR) is 118 cm³/mol. The van der Waals surface area contributed by atoms with E-state index in [9.17, 15) is 16.8 Å². The molecule has 0 atom stereocenters. The highest BCUT2D eigenvalue weighted by Crippen LogP contribution is 2.39. The second kappa shape index (κ2) is 7.32. The summed E-state index contributed by atoms with van der Waals surface area (Å²) in [5.74, 6) is 0. The maximum atomic E-state index is 13.8. The molecule has 1 aliphatic heterocycles. The van der Waals surface area contributed by atoms with Gasteiger partial charge in [0.2, 0.25) is 10.0 Å². The summed E-state index contributed by atoms with van der Waals surface area (Å²) >= 11 is 0. The smallest absolute Gasteiger partial charge is 0.264 e. The average Bonchev–Trinajstić information content (AvgIpc) is 2.63. The van der Waals surface area contributed by atoms with Crippen LogP contribution < -0.4 is 9.03 Å². The first-order chi connectivity index (χ1) is 13.4. The van der Waals surface area contributed by atoms with Crippen LogP contribution in [0.4, 0.5) is 11.4 Å². The summed E-state index contributed by atoms with van der Waals surface area (Å²) in [6, 6.07) is 5.11. The third kappa shape index (κ3) is 3.75. The van der Waals surface area contributed by atoms with Crippen molar-refractivity contribution in [3.05, 3.63) is 51.6 Å². The molecule has 1 heterocycles. The fourth-order valence-electron chi connectivity index (χ4n) is 4.10. The minimum absolute atomic E-state index is 0.354. The van der Waals surface area contributed by atoms with E-state index in [4.69, 9.17) is 0 Å². The molecule has 0 spiro atoms. The molecule has 0 bridgehead atoms. The van der Waals surface area contributed by atoms with E-state index >= 15 is 0 Å². The van der Waals surface area contributed by atoms with Crippen molar-refractivity contribution in [1.82, 2.24) is 0 Å². The molecule has 0 radical (unpaired) electrons. The van der Waals surface area contributed by atoms with E-state index in [2.05, 4.69) is 4.72 Å². The summed E-state index contributed by atoms with van der Waals surface area (Å²) in [7, 11) is -7.27. The molecule has 2 aromatic carbocycles. The van der Waals surface area contributed by atoms with Gasteiger partial charge in [-0.25, -0.2) is 16.8 Å². The molecule has 0 amide bonds. The Balaban J connectivity index is 2.22. The fourth-order valence-corrected chi connectivity index (χ4v) is 6.79. The third-order valence-corrected chi connectivity index (χ3v) is 8.66. The van der Waals surface area contributed by atoms with Crippen LogP contribution >= 0.6 is 0 Å². The topological polar surface area (TPSA) is 83.6 Å². The van der Waals surface area contributed by atoms with Crippen molar-refractivity contribution < 1.29 is 16.8 Å². The van der Waals surface area contributed by atoms with Crippen LogP contribution in [0.25, 0.3) is 0 Å². The van der Waals surface area contributed by atoms with Crippen LogP contribution in [-0.2, 0) is 26.5 Å². The van der Waals surface area contributed by atoms with Crippen molar-refractivity contribution in [2.24, 2.45) is 0 Å². The lowest BCUT2D eigenvalue weighted by molar-refractivity contribution is 0.585. The van der Waals surface area contributed by atoms with Gasteiger partial charge in [-0.05, 0) is 87.4 Å². The van der Waals surface area contributed by atoms with Gasteiger partial charge in [-0.2, -0.15) is 0 Å². The molecule has 8 heteroatoms. The molecule has 0 unspecified atom stereocenters. The van der Waals surface area contributed by atoms with Crippen molar-refractivity contribution in [3.8, 4) is 0 Å². The first kappa shape index (κ1) is 21.6. The highest BCUT2D eigenvalue weighted by atomic mass is 32.2. The quantitative estimate of drug-likeness (QED) is 0.791. The summed E-state index contributed by atoms with van der Waals surface area (Å²) in [5.41, 5.74) is 6.30. The maximum absolute atomic E-state index is 13.8. The molecule has 6 nitrogen and oxygen atoms in total. The summed E-state index contributed by atoms with van der Waals surface area (Å²) in [4.78, 5) is 0.354. The molecule has 0 aromatic heterocycles. The predicted octanol–water partition coefficient (Wildman–Crippen LogP) is 3.74. The standard InChI is InChI=1S/C21H28N2O4S2/c1-13-14(2)16(4)21(17(5)15(13)3)29(26,27)23-12-8-9-18-19(22-28(6,24)25)10-7-11-20(18)23/h7,10-11,22H,8-9,12H2,1-6H3. The molecule has 0 aliphatic carbocycles. The molecule has 2 aromatic rings. The Morgan fingerprint density at radius 1 is 0.862 bits per heavy atom. The summed E-state index contributed by atoms with van der Waals surface area (Å²) < 4.78 is 55.0. The second-order valence-electron chi connectivity index (χ2n) is 7.81. The van der Waals surface area contributed by atoms with E-state index in [-0.39, 0.29) is 0 Å². The van der Waals surface area contributed by atoms with E-state index in [0.717, 1.165) is 34.1 Å². The van der Waals surface area contributed by atoms with Crippen LogP contribution in [0.1, 0.15) is 39.8 Å². The van der Waals surface area contributed by atoms with Gasteiger partial charge in [0.25, 0.3) is 10.0 Å². The van der Waals surface area contributed by atoms with Crippen LogP contribution in [0.2, 0.25) is 0 Å². The van der Waals surface area contributed by atoms with Crippen molar-refractivity contribution in [2.75, 3.05) is 21.8 Å². The fraction of sp³-hybridized carbons (Fsp3) is 0.429. The Bertz CT molecular complexity index is 1170. The first-order valence-corrected chi connectivity index (χ1v) is 12.9. The van der Waals surface area contributed by atoms with Gasteiger partial charge in [-0.3, -0.25) is 9.03 Å². The van der Waals surface area contributed by atoms with Crippen LogP contribution in [-0.4, -0.2) is 29.6 Å². The number of nitrogens with zero attached hydrogens (tertiary/aromatic N) is 1. The van der Waals surface area contributed by atoms with E-state index in [1.165, 1.54) is 4.31 Å². The lowest BCUT2D eigenvalue weighted by atomic mass is 9.95. The van der Waals surface area contributed by atoms with E-state index in [0.29, 0.717) is 41.2 Å². The zero-order valence-electron chi connectivity index (χ0n) is 17.8. The van der Waals surface area contributed by atoms with E-state index in [1.54, 1.807) is 18.2 Å². The van der Waals surface area contributed by atoms with Gasteiger partial charge in [0.1, 0.15) is 0 Å². The minimum Gasteiger partial charge on any atom is -0.283 e. The molecule has 0 fully saturated rings. The van der Waals surface area contributed by atoms with Crippen molar-refractivity contribution in [1.29, 1.82) is 0 Å². The lowest BCUT2D eigenvalue weighted by Gasteiger charge is -2.33. The molecular formula is C21H28N2O4S2. The van der Waals surface area contributed by atoms with Crippen LogP contribution in [0, 0.1) is 34.6 Å². The van der Waals surface area contributed by atoms with Crippen molar-refractivity contribution in [3.63, 3.8) is 0 Å². The molecule has 3 rings (SSSR count). The van der Waals surface area contributed by atoms with Gasteiger partial charge in [0, 0.05) is 12.1 Å². The largest absolute Gasteiger partial charge is 0.283 e. The van der Waals surface area contributed by atoms with Gasteiger partial charge in [0.05, 0.1) is 22.5 Å². The SMILES string of the molecule is Cc1c(C)c(C)c(S(=O)(=O)N2CCCc3c(NS(C)(=O)=O)cccc32)c(C)c1C. The third-order valence-electron chi connectivity index (χ3n) is 5.98. The maximum Gasteiger partial charge on any atom is 0.264 e. The van der Waals surface area contributed by atoms with Crippen molar-refractivity contribution >= 4 is 31.4 Å². The number of anilines is 2. The highest BCUT2D eigenvalue weighted by Gasteiger charge is 2.33. The van der Waals surface area contributed by atoms with Crippen molar-refractivity contribution in [2.45, 2.75) is 52.4 Å². The van der Waals surface area contributed by atoms with Crippen LogP contribution in [0.15, 0.2) is 23.1 Å². The zero-order valence-corrected chi connectivity index (χ0v) is 19.4. The Hall–Kier alpha value is -2.06. The molecule has 158 valence electrons. The van der Waals surface area contributed by atoms with E-state index in [1.807, 2.05) is 34.6 Å². The molecule has 0 saturated carbocycles. The Kier molecular flexibility index (Phi) is 5.47.